The van der Waals surface area contributed by atoms with Crippen molar-refractivity contribution in [2.75, 3.05) is 0 Å². The molecular formula is C13H10N4O2S. The zero-order valence-corrected chi connectivity index (χ0v) is 11.1. The number of hydrogen-bond acceptors (Lipinski definition) is 5. The molecule has 2 amide bonds. The molecule has 6 nitrogen and oxygen atoms in total. The highest BCUT2D eigenvalue weighted by Crippen LogP contribution is 2.30. The summed E-state index contributed by atoms with van der Waals surface area (Å²) in [6.45, 7) is 0. The molecule has 2 aromatic heterocycles. The third kappa shape index (κ3) is 2.52. The number of urea groups is 1. The lowest BCUT2D eigenvalue weighted by atomic mass is 10.3. The average Bonchev–Trinajstić information content (AvgIpc) is 3.03. The maximum Gasteiger partial charge on any atom is 0.332 e. The predicted octanol–water partition coefficient (Wildman–Crippen LogP) is 2.56. The van der Waals surface area contributed by atoms with Gasteiger partial charge in [0.2, 0.25) is 0 Å². The number of rotatable bonds is 3. The summed E-state index contributed by atoms with van der Waals surface area (Å²) in [6, 6.07) is 10.7. The van der Waals surface area contributed by atoms with Gasteiger partial charge in [-0.3, -0.25) is 0 Å². The van der Waals surface area contributed by atoms with E-state index in [2.05, 4.69) is 15.5 Å². The molecule has 0 aliphatic heterocycles. The maximum atomic E-state index is 10.5. The number of thiazole rings is 1. The second kappa shape index (κ2) is 5.14. The molecule has 0 saturated carbocycles. The van der Waals surface area contributed by atoms with Gasteiger partial charge in [0.1, 0.15) is 5.76 Å². The minimum absolute atomic E-state index is 0.507. The third-order valence-corrected chi connectivity index (χ3v) is 3.55. The van der Waals surface area contributed by atoms with Crippen LogP contribution in [-0.4, -0.2) is 17.2 Å². The van der Waals surface area contributed by atoms with Gasteiger partial charge in [-0.2, -0.15) is 5.10 Å². The van der Waals surface area contributed by atoms with Crippen molar-refractivity contribution in [2.45, 2.75) is 0 Å². The number of nitrogens with two attached hydrogens (primary N) is 1. The van der Waals surface area contributed by atoms with E-state index in [1.54, 1.807) is 17.4 Å². The van der Waals surface area contributed by atoms with Gasteiger partial charge < -0.3 is 10.2 Å². The van der Waals surface area contributed by atoms with Crippen molar-refractivity contribution in [1.82, 2.24) is 10.4 Å². The number of amides is 2. The van der Waals surface area contributed by atoms with E-state index < -0.39 is 6.03 Å². The van der Waals surface area contributed by atoms with Crippen LogP contribution in [0.5, 0.6) is 0 Å². The quantitative estimate of drug-likeness (QED) is 0.572. The van der Waals surface area contributed by atoms with Crippen LogP contribution in [0.1, 0.15) is 5.76 Å². The number of para-hydroxylation sites is 1. The minimum atomic E-state index is -0.723. The smallest absolute Gasteiger partial charge is 0.332 e. The van der Waals surface area contributed by atoms with Gasteiger partial charge in [-0.05, 0) is 24.3 Å². The molecular weight excluding hydrogens is 276 g/mol. The van der Waals surface area contributed by atoms with Crippen LogP contribution in [0.25, 0.3) is 21.0 Å². The van der Waals surface area contributed by atoms with Crippen LogP contribution >= 0.6 is 11.3 Å². The average molecular weight is 286 g/mol. The van der Waals surface area contributed by atoms with Crippen LogP contribution in [0.15, 0.2) is 45.9 Å². The van der Waals surface area contributed by atoms with Gasteiger partial charge in [-0.25, -0.2) is 15.2 Å². The molecule has 3 aromatic rings. The first-order chi connectivity index (χ1) is 9.72. The third-order valence-electron chi connectivity index (χ3n) is 2.50. The molecule has 20 heavy (non-hydrogen) atoms. The van der Waals surface area contributed by atoms with Crippen LogP contribution in [-0.2, 0) is 0 Å². The number of nitrogens with one attached hydrogen (secondary N) is 1. The van der Waals surface area contributed by atoms with E-state index in [-0.39, 0.29) is 0 Å². The SMILES string of the molecule is NC(=O)N/N=C\c1ccc(-c2nc3ccccc3s2)o1. The van der Waals surface area contributed by atoms with Gasteiger partial charge >= 0.3 is 6.03 Å². The van der Waals surface area contributed by atoms with Gasteiger partial charge in [0.15, 0.2) is 10.8 Å². The number of carbonyl (C=O) groups excluding carboxylic acids is 1. The lowest BCUT2D eigenvalue weighted by Gasteiger charge is -1.90. The molecule has 0 atom stereocenters. The summed E-state index contributed by atoms with van der Waals surface area (Å²) in [4.78, 5) is 15.0. The van der Waals surface area contributed by atoms with Gasteiger partial charge in [-0.15, -0.1) is 11.3 Å². The topological polar surface area (TPSA) is 93.5 Å². The van der Waals surface area contributed by atoms with E-state index in [1.807, 2.05) is 30.3 Å². The Balaban J connectivity index is 1.85. The number of hydrazone groups is 1. The molecule has 0 aliphatic carbocycles. The monoisotopic (exact) mass is 286 g/mol. The number of fused-ring (bicyclic) bond motifs is 1. The Bertz CT molecular complexity index is 757. The Labute approximate surface area is 117 Å². The van der Waals surface area contributed by atoms with Crippen LogP contribution in [0, 0.1) is 0 Å². The summed E-state index contributed by atoms with van der Waals surface area (Å²) in [7, 11) is 0. The van der Waals surface area contributed by atoms with Crippen molar-refractivity contribution in [3.8, 4) is 10.8 Å². The molecule has 7 heteroatoms. The summed E-state index contributed by atoms with van der Waals surface area (Å²) in [5.41, 5.74) is 7.93. The lowest BCUT2D eigenvalue weighted by Crippen LogP contribution is -2.24. The molecule has 0 fully saturated rings. The lowest BCUT2D eigenvalue weighted by molar-refractivity contribution is 0.249. The van der Waals surface area contributed by atoms with E-state index in [1.165, 1.54) is 6.21 Å². The number of primary amides is 1. The molecule has 0 saturated heterocycles. The van der Waals surface area contributed by atoms with Crippen molar-refractivity contribution < 1.29 is 9.21 Å². The Morgan fingerprint density at radius 3 is 3.00 bits per heavy atom. The Morgan fingerprint density at radius 2 is 2.20 bits per heavy atom. The first-order valence-corrected chi connectivity index (χ1v) is 6.58. The fourth-order valence-electron chi connectivity index (χ4n) is 1.67. The predicted molar refractivity (Wildman–Crippen MR) is 77.6 cm³/mol. The van der Waals surface area contributed by atoms with Crippen LogP contribution in [0.3, 0.4) is 0 Å². The first-order valence-electron chi connectivity index (χ1n) is 5.77. The van der Waals surface area contributed by atoms with E-state index in [0.717, 1.165) is 15.2 Å². The summed E-state index contributed by atoms with van der Waals surface area (Å²) in [5, 5.41) is 4.43. The summed E-state index contributed by atoms with van der Waals surface area (Å²) >= 11 is 1.55. The molecule has 0 spiro atoms. The van der Waals surface area contributed by atoms with Crippen LogP contribution in [0.4, 0.5) is 4.79 Å². The zero-order chi connectivity index (χ0) is 13.9. The fourth-order valence-corrected chi connectivity index (χ4v) is 2.60. The first kappa shape index (κ1) is 12.4. The highest BCUT2D eigenvalue weighted by atomic mass is 32.1. The number of hydrogen-bond donors (Lipinski definition) is 2. The molecule has 0 unspecified atom stereocenters. The molecule has 0 aliphatic rings. The second-order valence-corrected chi connectivity index (χ2v) is 4.95. The molecule has 0 bridgehead atoms. The Morgan fingerprint density at radius 1 is 1.35 bits per heavy atom. The minimum Gasteiger partial charge on any atom is -0.453 e. The van der Waals surface area contributed by atoms with E-state index in [9.17, 15) is 4.79 Å². The molecule has 2 heterocycles. The van der Waals surface area contributed by atoms with Gasteiger partial charge in [0, 0.05) is 0 Å². The molecule has 1 aromatic carbocycles. The van der Waals surface area contributed by atoms with Crippen LogP contribution in [0.2, 0.25) is 0 Å². The van der Waals surface area contributed by atoms with Crippen molar-refractivity contribution >= 4 is 33.8 Å². The van der Waals surface area contributed by atoms with E-state index in [0.29, 0.717) is 11.5 Å². The zero-order valence-electron chi connectivity index (χ0n) is 10.2. The summed E-state index contributed by atoms with van der Waals surface area (Å²) in [5.74, 6) is 1.17. The van der Waals surface area contributed by atoms with Crippen molar-refractivity contribution in [1.29, 1.82) is 0 Å². The normalized spacial score (nSPS) is 11.2. The van der Waals surface area contributed by atoms with Crippen molar-refractivity contribution in [3.63, 3.8) is 0 Å². The summed E-state index contributed by atoms with van der Waals surface area (Å²) in [6.07, 6.45) is 1.38. The highest BCUT2D eigenvalue weighted by molar-refractivity contribution is 7.21. The number of nitrogens with zero attached hydrogens (tertiary/aromatic N) is 2. The van der Waals surface area contributed by atoms with E-state index >= 15 is 0 Å². The number of carbonyl (C=O) groups is 1. The Kier molecular flexibility index (Phi) is 3.18. The molecule has 3 N–H and O–H groups in total. The highest BCUT2D eigenvalue weighted by Gasteiger charge is 2.09. The van der Waals surface area contributed by atoms with E-state index in [4.69, 9.17) is 10.2 Å². The van der Waals surface area contributed by atoms with Gasteiger partial charge in [0.05, 0.1) is 16.4 Å². The second-order valence-electron chi connectivity index (χ2n) is 3.92. The fraction of sp³-hybridized carbons (Fsp3) is 0. The summed E-state index contributed by atoms with van der Waals surface area (Å²) < 4.78 is 6.69. The largest absolute Gasteiger partial charge is 0.453 e. The maximum absolute atomic E-state index is 10.5. The van der Waals surface area contributed by atoms with Crippen molar-refractivity contribution in [3.05, 3.63) is 42.2 Å². The Hall–Kier alpha value is -2.67. The molecule has 3 rings (SSSR count). The standard InChI is InChI=1S/C13H10N4O2S/c14-13(18)17-15-7-8-5-6-10(19-8)12-16-9-3-1-2-4-11(9)20-12/h1-7H,(H3,14,17,18)/b15-7-. The number of benzene rings is 1. The van der Waals surface area contributed by atoms with Gasteiger partial charge in [-0.1, -0.05) is 12.1 Å². The molecule has 0 radical (unpaired) electrons. The number of aromatic nitrogens is 1. The van der Waals surface area contributed by atoms with Crippen molar-refractivity contribution in [2.24, 2.45) is 10.8 Å². The molecule has 100 valence electrons. The number of furan rings is 1. The van der Waals surface area contributed by atoms with Gasteiger partial charge in [0.25, 0.3) is 0 Å². The van der Waals surface area contributed by atoms with Crippen LogP contribution < -0.4 is 11.2 Å².